The van der Waals surface area contributed by atoms with E-state index in [1.54, 1.807) is 11.8 Å². The molecule has 172 valence electrons. The second kappa shape index (κ2) is 8.58. The zero-order chi connectivity index (χ0) is 22.9. The highest BCUT2D eigenvalue weighted by molar-refractivity contribution is 5.89. The number of hydrogen-bond acceptors (Lipinski definition) is 8. The number of ether oxygens (including phenoxy) is 3. The molecule has 11 nitrogen and oxygen atoms in total. The van der Waals surface area contributed by atoms with E-state index >= 15 is 0 Å². The summed E-state index contributed by atoms with van der Waals surface area (Å²) in [6, 6.07) is 8.86. The smallest absolute Gasteiger partial charge is 0.319 e. The molecule has 3 aromatic rings. The van der Waals surface area contributed by atoms with E-state index < -0.39 is 0 Å². The quantitative estimate of drug-likeness (QED) is 0.606. The molecule has 2 N–H and O–H groups in total. The van der Waals surface area contributed by atoms with Crippen LogP contribution in [-0.4, -0.2) is 65.2 Å². The third-order valence-corrected chi connectivity index (χ3v) is 5.82. The molecule has 2 amide bonds. The van der Waals surface area contributed by atoms with Gasteiger partial charge in [-0.25, -0.2) is 4.79 Å². The molecule has 3 heterocycles. The largest absolute Gasteiger partial charge is 0.492 e. The van der Waals surface area contributed by atoms with Crippen molar-refractivity contribution in [1.82, 2.24) is 30.4 Å². The molecule has 0 saturated carbocycles. The van der Waals surface area contributed by atoms with Crippen molar-refractivity contribution in [3.8, 4) is 22.9 Å². The molecule has 0 radical (unpaired) electrons. The van der Waals surface area contributed by atoms with E-state index in [2.05, 4.69) is 31.1 Å². The van der Waals surface area contributed by atoms with Gasteiger partial charge in [0, 0.05) is 24.3 Å². The third-order valence-electron chi connectivity index (χ3n) is 5.82. The molecule has 5 rings (SSSR count). The third kappa shape index (κ3) is 3.69. The van der Waals surface area contributed by atoms with Gasteiger partial charge >= 0.3 is 6.03 Å². The monoisotopic (exact) mass is 451 g/mol. The van der Waals surface area contributed by atoms with Crippen LogP contribution in [0.1, 0.15) is 29.9 Å². The van der Waals surface area contributed by atoms with Crippen molar-refractivity contribution in [1.29, 1.82) is 0 Å². The van der Waals surface area contributed by atoms with Gasteiger partial charge in [0.2, 0.25) is 12.5 Å². The average molecular weight is 451 g/mol. The number of nitrogens with one attached hydrogen (secondary N) is 2. The standard InChI is InChI=1S/C22H25N7O4/c1-4-23-22(30)24-14-6-5-7-15(11-14)29-21(25-26-27-29)18-17-13(8-9-28(18)2)10-16-19(20(17)31-3)33-12-32-16/h5-7,10-11,18H,4,8-9,12H2,1-3H3,(H2,23,24,30)/t18-/m0/s1. The summed E-state index contributed by atoms with van der Waals surface area (Å²) < 4.78 is 18.8. The topological polar surface area (TPSA) is 116 Å². The highest BCUT2D eigenvalue weighted by Gasteiger charge is 2.37. The second-order valence-electron chi connectivity index (χ2n) is 7.83. The lowest BCUT2D eigenvalue weighted by molar-refractivity contribution is 0.170. The number of anilines is 1. The number of hydrogen-bond donors (Lipinski definition) is 2. The van der Waals surface area contributed by atoms with Crippen molar-refractivity contribution in [2.45, 2.75) is 19.4 Å². The lowest BCUT2D eigenvalue weighted by Gasteiger charge is -2.34. The van der Waals surface area contributed by atoms with E-state index in [0.717, 1.165) is 29.8 Å². The summed E-state index contributed by atoms with van der Waals surface area (Å²) in [5.41, 5.74) is 3.44. The van der Waals surface area contributed by atoms with Crippen molar-refractivity contribution in [3.05, 3.63) is 47.3 Å². The fourth-order valence-electron chi connectivity index (χ4n) is 4.36. The fraction of sp³-hybridized carbons (Fsp3) is 0.364. The van der Waals surface area contributed by atoms with Crippen LogP contribution in [0.5, 0.6) is 17.2 Å². The maximum absolute atomic E-state index is 12.0. The molecule has 1 aromatic heterocycles. The van der Waals surface area contributed by atoms with Gasteiger partial charge in [-0.2, -0.15) is 4.68 Å². The number of rotatable bonds is 5. The first-order chi connectivity index (χ1) is 16.1. The summed E-state index contributed by atoms with van der Waals surface area (Å²) in [6.45, 7) is 3.38. The van der Waals surface area contributed by atoms with Crippen LogP contribution < -0.4 is 24.8 Å². The maximum Gasteiger partial charge on any atom is 0.319 e. The molecular weight excluding hydrogens is 426 g/mol. The lowest BCUT2D eigenvalue weighted by atomic mass is 9.90. The average Bonchev–Trinajstić information content (AvgIpc) is 3.47. The first kappa shape index (κ1) is 21.0. The van der Waals surface area contributed by atoms with Crippen LogP contribution in [0.25, 0.3) is 5.69 Å². The minimum Gasteiger partial charge on any atom is -0.492 e. The van der Waals surface area contributed by atoms with Crippen LogP contribution in [0.4, 0.5) is 10.5 Å². The second-order valence-corrected chi connectivity index (χ2v) is 7.83. The van der Waals surface area contributed by atoms with Gasteiger partial charge in [-0.1, -0.05) is 6.07 Å². The van der Waals surface area contributed by atoms with E-state index in [1.165, 1.54) is 0 Å². The Morgan fingerprint density at radius 3 is 3.00 bits per heavy atom. The van der Waals surface area contributed by atoms with Crippen LogP contribution in [0, 0.1) is 0 Å². The highest BCUT2D eigenvalue weighted by Crippen LogP contribution is 2.50. The summed E-state index contributed by atoms with van der Waals surface area (Å²) in [6.07, 6.45) is 0.836. The Bertz CT molecular complexity index is 1200. The first-order valence-corrected chi connectivity index (χ1v) is 10.7. The normalized spacial score (nSPS) is 16.9. The number of carbonyl (C=O) groups is 1. The van der Waals surface area contributed by atoms with Crippen molar-refractivity contribution in [2.24, 2.45) is 0 Å². The summed E-state index contributed by atoms with van der Waals surface area (Å²) in [5.74, 6) is 2.56. The number of benzene rings is 2. The minimum atomic E-state index is -0.270. The Hall–Kier alpha value is -3.86. The molecule has 0 spiro atoms. The molecule has 0 aliphatic carbocycles. The zero-order valence-corrected chi connectivity index (χ0v) is 18.7. The molecule has 2 aliphatic rings. The summed E-state index contributed by atoms with van der Waals surface area (Å²) in [4.78, 5) is 14.1. The van der Waals surface area contributed by atoms with Crippen molar-refractivity contribution in [3.63, 3.8) is 0 Å². The lowest BCUT2D eigenvalue weighted by Crippen LogP contribution is -2.35. The van der Waals surface area contributed by atoms with Crippen LogP contribution in [0.15, 0.2) is 30.3 Å². The predicted octanol–water partition coefficient (Wildman–Crippen LogP) is 2.12. The molecule has 11 heteroatoms. The number of amides is 2. The number of likely N-dealkylation sites (N-methyl/N-ethyl adjacent to an activating group) is 1. The number of fused-ring (bicyclic) bond motifs is 2. The van der Waals surface area contributed by atoms with Gasteiger partial charge in [-0.3, -0.25) is 4.90 Å². The van der Waals surface area contributed by atoms with Crippen molar-refractivity contribution >= 4 is 11.7 Å². The Morgan fingerprint density at radius 1 is 1.30 bits per heavy atom. The van der Waals surface area contributed by atoms with E-state index in [-0.39, 0.29) is 18.9 Å². The molecule has 0 fully saturated rings. The Balaban J connectivity index is 1.58. The van der Waals surface area contributed by atoms with Gasteiger partial charge in [0.1, 0.15) is 6.04 Å². The van der Waals surface area contributed by atoms with Gasteiger partial charge in [0.05, 0.1) is 12.8 Å². The van der Waals surface area contributed by atoms with E-state index in [0.29, 0.717) is 35.3 Å². The number of carbonyl (C=O) groups excluding carboxylic acids is 1. The number of tetrazole rings is 1. The first-order valence-electron chi connectivity index (χ1n) is 10.7. The van der Waals surface area contributed by atoms with Crippen molar-refractivity contribution < 1.29 is 19.0 Å². The molecular formula is C22H25N7O4. The molecule has 0 bridgehead atoms. The SMILES string of the molecule is CCNC(=O)Nc1cccc(-n2nnnc2[C@@H]2c3c(cc4c(c3OC)OCO4)CCN2C)c1. The van der Waals surface area contributed by atoms with E-state index in [4.69, 9.17) is 14.2 Å². The van der Waals surface area contributed by atoms with Crippen LogP contribution in [0.2, 0.25) is 0 Å². The van der Waals surface area contributed by atoms with Crippen molar-refractivity contribution in [2.75, 3.05) is 39.4 Å². The summed E-state index contributed by atoms with van der Waals surface area (Å²) in [7, 11) is 3.66. The maximum atomic E-state index is 12.0. The van der Waals surface area contributed by atoms with Gasteiger partial charge in [0.15, 0.2) is 17.3 Å². The highest BCUT2D eigenvalue weighted by atomic mass is 16.7. The van der Waals surface area contributed by atoms with Gasteiger partial charge in [0.25, 0.3) is 0 Å². The predicted molar refractivity (Wildman–Crippen MR) is 119 cm³/mol. The number of nitrogens with zero attached hydrogens (tertiary/aromatic N) is 5. The Labute approximate surface area is 190 Å². The van der Waals surface area contributed by atoms with Gasteiger partial charge in [-0.15, -0.1) is 5.10 Å². The van der Waals surface area contributed by atoms with Crippen LogP contribution >= 0.6 is 0 Å². The summed E-state index contributed by atoms with van der Waals surface area (Å²) in [5, 5.41) is 18.2. The molecule has 0 saturated heterocycles. The van der Waals surface area contributed by atoms with E-state index in [1.807, 2.05) is 44.3 Å². The Kier molecular flexibility index (Phi) is 5.47. The molecule has 0 unspecified atom stereocenters. The minimum absolute atomic E-state index is 0.165. The summed E-state index contributed by atoms with van der Waals surface area (Å²) >= 11 is 0. The zero-order valence-electron chi connectivity index (χ0n) is 18.7. The molecule has 2 aliphatic heterocycles. The molecule has 1 atom stereocenters. The van der Waals surface area contributed by atoms with Gasteiger partial charge in [-0.05, 0) is 60.6 Å². The number of methoxy groups -OCH3 is 1. The van der Waals surface area contributed by atoms with E-state index in [9.17, 15) is 4.79 Å². The van der Waals surface area contributed by atoms with Crippen LogP contribution in [-0.2, 0) is 6.42 Å². The van der Waals surface area contributed by atoms with Gasteiger partial charge < -0.3 is 24.8 Å². The molecule has 33 heavy (non-hydrogen) atoms. The molecule has 2 aromatic carbocycles. The fourth-order valence-corrected chi connectivity index (χ4v) is 4.36. The Morgan fingerprint density at radius 2 is 2.18 bits per heavy atom. The van der Waals surface area contributed by atoms with Crippen LogP contribution in [0.3, 0.4) is 0 Å². The number of urea groups is 1. The number of aromatic nitrogens is 4.